The Morgan fingerprint density at radius 3 is 2.36 bits per heavy atom. The van der Waals surface area contributed by atoms with Gasteiger partial charge < -0.3 is 10.2 Å². The summed E-state index contributed by atoms with van der Waals surface area (Å²) in [5.41, 5.74) is 1.40. The van der Waals surface area contributed by atoms with E-state index in [2.05, 4.69) is 20.8 Å². The van der Waals surface area contributed by atoms with Gasteiger partial charge in [0.05, 0.1) is 12.7 Å². The molecule has 124 valence electrons. The zero-order valence-corrected chi connectivity index (χ0v) is 14.4. The van der Waals surface area contributed by atoms with Crippen molar-refractivity contribution < 1.29 is 10.2 Å². The average molecular weight is 304 g/mol. The van der Waals surface area contributed by atoms with Crippen LogP contribution < -0.4 is 0 Å². The van der Waals surface area contributed by atoms with Crippen LogP contribution in [0.2, 0.25) is 0 Å². The summed E-state index contributed by atoms with van der Waals surface area (Å²) in [6.45, 7) is 7.40. The first-order valence-electron chi connectivity index (χ1n) is 9.59. The summed E-state index contributed by atoms with van der Waals surface area (Å²) >= 11 is 0. The van der Waals surface area contributed by atoms with Crippen LogP contribution in [0, 0.1) is 45.3 Å². The van der Waals surface area contributed by atoms with Gasteiger partial charge in [0, 0.05) is 5.41 Å². The molecule has 0 unspecified atom stereocenters. The van der Waals surface area contributed by atoms with Crippen LogP contribution in [0.1, 0.15) is 65.7 Å². The lowest BCUT2D eigenvalue weighted by atomic mass is 9.39. The van der Waals surface area contributed by atoms with Gasteiger partial charge in [0.25, 0.3) is 0 Å². The molecule has 6 aliphatic carbocycles. The molecule has 0 radical (unpaired) electrons. The second-order valence-electron chi connectivity index (χ2n) is 10.6. The Morgan fingerprint density at radius 2 is 1.73 bits per heavy atom. The molecule has 0 amide bonds. The largest absolute Gasteiger partial charge is 0.396 e. The average Bonchev–Trinajstić information content (AvgIpc) is 2.94. The fraction of sp³-hybridized carbons (Fsp3) is 1.00. The van der Waals surface area contributed by atoms with Crippen LogP contribution in [0.5, 0.6) is 0 Å². The summed E-state index contributed by atoms with van der Waals surface area (Å²) in [5, 5.41) is 20.7. The Bertz CT molecular complexity index is 532. The second kappa shape index (κ2) is 3.77. The van der Waals surface area contributed by atoms with Gasteiger partial charge >= 0.3 is 0 Å². The van der Waals surface area contributed by atoms with Crippen molar-refractivity contribution in [3.63, 3.8) is 0 Å². The molecule has 0 aromatic heterocycles. The van der Waals surface area contributed by atoms with Crippen LogP contribution in [0.15, 0.2) is 0 Å². The molecular weight excluding hydrogens is 272 g/mol. The molecule has 4 bridgehead atoms. The van der Waals surface area contributed by atoms with E-state index in [0.29, 0.717) is 22.2 Å². The molecule has 6 saturated carbocycles. The van der Waals surface area contributed by atoms with Crippen LogP contribution in [0.3, 0.4) is 0 Å². The van der Waals surface area contributed by atoms with Crippen molar-refractivity contribution in [2.45, 2.75) is 71.8 Å². The Kier molecular flexibility index (Phi) is 2.45. The molecule has 6 aliphatic rings. The minimum atomic E-state index is -0.312. The molecule has 22 heavy (non-hydrogen) atoms. The van der Waals surface area contributed by atoms with Gasteiger partial charge in [0.1, 0.15) is 0 Å². The first-order chi connectivity index (χ1) is 10.3. The molecule has 2 heteroatoms. The van der Waals surface area contributed by atoms with E-state index in [-0.39, 0.29) is 18.1 Å². The van der Waals surface area contributed by atoms with Gasteiger partial charge in [-0.15, -0.1) is 0 Å². The van der Waals surface area contributed by atoms with Crippen LogP contribution >= 0.6 is 0 Å². The highest BCUT2D eigenvalue weighted by molar-refractivity contribution is 5.27. The van der Waals surface area contributed by atoms with Crippen molar-refractivity contribution >= 4 is 0 Å². The van der Waals surface area contributed by atoms with Crippen molar-refractivity contribution in [1.29, 1.82) is 0 Å². The number of hydrogen-bond acceptors (Lipinski definition) is 2. The standard InChI is InChI=1S/C20H32O2/c1-17-6-5-16(22)19(3,11-21)14(17)4-7-20-9-13-12(8-15(17)20)18(13,2)10-20/h12-16,21-22H,4-11H2,1-3H3/t12-,13+,14-,15+,16-,17-,18+,19+,20+/m1/s1. The second-order valence-corrected chi connectivity index (χ2v) is 10.6. The SMILES string of the molecule is C[C@]1(CO)[C@@H]2CC[C@@]34C[C@H]5[C@@H](C[C@H]3[C@]2(C)CC[C@H]1O)[C@]5(C)C4. The molecule has 0 saturated heterocycles. The quantitative estimate of drug-likeness (QED) is 0.777. The lowest BCUT2D eigenvalue weighted by Gasteiger charge is -2.66. The Hall–Kier alpha value is -0.0800. The summed E-state index contributed by atoms with van der Waals surface area (Å²) in [5.74, 6) is 3.41. The maximum absolute atomic E-state index is 10.6. The fourth-order valence-electron chi connectivity index (χ4n) is 8.87. The predicted molar refractivity (Wildman–Crippen MR) is 86.1 cm³/mol. The van der Waals surface area contributed by atoms with E-state index >= 15 is 0 Å². The third-order valence-corrected chi connectivity index (χ3v) is 10.0. The van der Waals surface area contributed by atoms with Gasteiger partial charge in [0.15, 0.2) is 0 Å². The summed E-state index contributed by atoms with van der Waals surface area (Å²) < 4.78 is 0. The van der Waals surface area contributed by atoms with Crippen LogP contribution in [0.25, 0.3) is 0 Å². The molecule has 1 spiro atoms. The number of aliphatic hydroxyl groups is 2. The molecular formula is C20H32O2. The van der Waals surface area contributed by atoms with Crippen molar-refractivity contribution in [2.24, 2.45) is 45.3 Å². The Balaban J connectivity index is 1.55. The number of aliphatic hydroxyl groups excluding tert-OH is 2. The summed E-state index contributed by atoms with van der Waals surface area (Å²) in [4.78, 5) is 0. The number of rotatable bonds is 1. The molecule has 9 atom stereocenters. The first-order valence-corrected chi connectivity index (χ1v) is 9.59. The molecule has 0 aromatic rings. The van der Waals surface area contributed by atoms with E-state index < -0.39 is 0 Å². The van der Waals surface area contributed by atoms with Gasteiger partial charge in [-0.1, -0.05) is 20.8 Å². The third kappa shape index (κ3) is 1.30. The normalized spacial score (nSPS) is 68.3. The van der Waals surface area contributed by atoms with Gasteiger partial charge in [0.2, 0.25) is 0 Å². The minimum absolute atomic E-state index is 0.151. The first kappa shape index (κ1) is 14.3. The Morgan fingerprint density at radius 1 is 0.955 bits per heavy atom. The predicted octanol–water partition coefficient (Wildman–Crippen LogP) is 3.61. The lowest BCUT2D eigenvalue weighted by Crippen LogP contribution is -2.62. The molecule has 2 N–H and O–H groups in total. The van der Waals surface area contributed by atoms with E-state index in [1.807, 2.05) is 0 Å². The molecule has 0 aliphatic heterocycles. The summed E-state index contributed by atoms with van der Waals surface area (Å²) in [6.07, 6.45) is 8.78. The van der Waals surface area contributed by atoms with Crippen molar-refractivity contribution in [3.05, 3.63) is 0 Å². The zero-order valence-electron chi connectivity index (χ0n) is 14.4. The van der Waals surface area contributed by atoms with Gasteiger partial charge in [-0.05, 0) is 84.9 Å². The monoisotopic (exact) mass is 304 g/mol. The highest BCUT2D eigenvalue weighted by atomic mass is 16.3. The number of fused-ring (bicyclic) bond motifs is 1. The van der Waals surface area contributed by atoms with E-state index in [1.165, 1.54) is 38.5 Å². The smallest absolute Gasteiger partial charge is 0.0618 e. The van der Waals surface area contributed by atoms with E-state index in [4.69, 9.17) is 0 Å². The zero-order chi connectivity index (χ0) is 15.5. The fourth-order valence-corrected chi connectivity index (χ4v) is 8.87. The molecule has 0 heterocycles. The molecule has 2 nitrogen and oxygen atoms in total. The van der Waals surface area contributed by atoms with Crippen molar-refractivity contribution in [1.82, 2.24) is 0 Å². The third-order valence-electron chi connectivity index (χ3n) is 10.0. The van der Waals surface area contributed by atoms with Crippen LogP contribution in [-0.2, 0) is 0 Å². The molecule has 6 rings (SSSR count). The maximum Gasteiger partial charge on any atom is 0.0618 e. The van der Waals surface area contributed by atoms with E-state index in [1.54, 1.807) is 0 Å². The highest BCUT2D eigenvalue weighted by Gasteiger charge is 2.78. The topological polar surface area (TPSA) is 40.5 Å². The maximum atomic E-state index is 10.6. The Labute approximate surface area is 134 Å². The minimum Gasteiger partial charge on any atom is -0.396 e. The molecule has 6 fully saturated rings. The lowest BCUT2D eigenvalue weighted by molar-refractivity contribution is -0.205. The van der Waals surface area contributed by atoms with Crippen molar-refractivity contribution in [2.75, 3.05) is 6.61 Å². The van der Waals surface area contributed by atoms with Gasteiger partial charge in [-0.2, -0.15) is 0 Å². The molecule has 0 aromatic carbocycles. The van der Waals surface area contributed by atoms with Crippen LogP contribution in [-0.4, -0.2) is 22.9 Å². The van der Waals surface area contributed by atoms with Crippen LogP contribution in [0.4, 0.5) is 0 Å². The van der Waals surface area contributed by atoms with E-state index in [0.717, 1.165) is 24.2 Å². The van der Waals surface area contributed by atoms with E-state index in [9.17, 15) is 10.2 Å². The highest BCUT2D eigenvalue weighted by Crippen LogP contribution is 2.85. The van der Waals surface area contributed by atoms with Gasteiger partial charge in [-0.25, -0.2) is 0 Å². The van der Waals surface area contributed by atoms with Crippen molar-refractivity contribution in [3.8, 4) is 0 Å². The van der Waals surface area contributed by atoms with Gasteiger partial charge in [-0.3, -0.25) is 0 Å². The summed E-state index contributed by atoms with van der Waals surface area (Å²) in [6, 6.07) is 0. The summed E-state index contributed by atoms with van der Waals surface area (Å²) in [7, 11) is 0. The number of hydrogen-bond donors (Lipinski definition) is 2.